The number of nitro benzene ring substituents is 1. The minimum absolute atomic E-state index is 0.0396. The molecule has 0 aliphatic heterocycles. The van der Waals surface area contributed by atoms with Gasteiger partial charge in [0, 0.05) is 18.2 Å². The normalized spacial score (nSPS) is 12.8. The van der Waals surface area contributed by atoms with Crippen LogP contribution in [0, 0.1) is 10.1 Å². The van der Waals surface area contributed by atoms with Crippen LogP contribution < -0.4 is 0 Å². The number of nitro groups is 1. The fraction of sp³-hybridized carbons (Fsp3) is 0.462. The van der Waals surface area contributed by atoms with Gasteiger partial charge in [-0.2, -0.15) is 0 Å². The first kappa shape index (κ1) is 18.1. The van der Waals surface area contributed by atoms with Crippen molar-refractivity contribution in [3.63, 3.8) is 0 Å². The van der Waals surface area contributed by atoms with E-state index in [0.29, 0.717) is 6.61 Å². The van der Waals surface area contributed by atoms with Crippen LogP contribution in [0.3, 0.4) is 0 Å². The summed E-state index contributed by atoms with van der Waals surface area (Å²) in [5, 5.41) is 20.2. The maximum absolute atomic E-state index is 12.0. The Morgan fingerprint density at radius 2 is 2.05 bits per heavy atom. The van der Waals surface area contributed by atoms with Gasteiger partial charge in [0.25, 0.3) is 5.69 Å². The molecular formula is C13H17NO7S. The van der Waals surface area contributed by atoms with Gasteiger partial charge in [-0.1, -0.05) is 18.2 Å². The lowest BCUT2D eigenvalue weighted by molar-refractivity contribution is -0.385. The zero-order valence-corrected chi connectivity index (χ0v) is 12.8. The van der Waals surface area contributed by atoms with Crippen LogP contribution >= 0.6 is 0 Å². The molecule has 1 aromatic carbocycles. The highest BCUT2D eigenvalue weighted by Gasteiger charge is 2.31. The summed E-state index contributed by atoms with van der Waals surface area (Å²) in [6.07, 6.45) is 0. The van der Waals surface area contributed by atoms with E-state index in [1.54, 1.807) is 6.92 Å². The van der Waals surface area contributed by atoms with Crippen LogP contribution in [0.5, 0.6) is 0 Å². The number of sulfone groups is 1. The summed E-state index contributed by atoms with van der Waals surface area (Å²) in [5.41, 5.74) is -0.533. The molecule has 1 unspecified atom stereocenters. The van der Waals surface area contributed by atoms with Crippen LogP contribution in [0.4, 0.5) is 5.69 Å². The first-order valence-electron chi connectivity index (χ1n) is 6.52. The molecule has 9 heteroatoms. The number of carboxylic acid groups (broad SMARTS) is 1. The molecule has 22 heavy (non-hydrogen) atoms. The average molecular weight is 331 g/mol. The number of rotatable bonds is 9. The zero-order chi connectivity index (χ0) is 16.8. The number of benzene rings is 1. The second kappa shape index (κ2) is 7.85. The quantitative estimate of drug-likeness (QED) is 0.410. The Morgan fingerprint density at radius 1 is 1.41 bits per heavy atom. The molecule has 0 saturated heterocycles. The highest BCUT2D eigenvalue weighted by Crippen LogP contribution is 2.28. The fourth-order valence-corrected chi connectivity index (χ4v) is 3.28. The molecule has 1 N–H and O–H groups in total. The third-order valence-electron chi connectivity index (χ3n) is 2.97. The van der Waals surface area contributed by atoms with Gasteiger partial charge in [-0.25, -0.2) is 8.42 Å². The predicted molar refractivity (Wildman–Crippen MR) is 78.6 cm³/mol. The Morgan fingerprint density at radius 3 is 2.59 bits per heavy atom. The van der Waals surface area contributed by atoms with Crippen molar-refractivity contribution in [2.45, 2.75) is 12.8 Å². The average Bonchev–Trinajstić information content (AvgIpc) is 2.44. The fourth-order valence-electron chi connectivity index (χ4n) is 1.91. The van der Waals surface area contributed by atoms with Gasteiger partial charge >= 0.3 is 5.97 Å². The van der Waals surface area contributed by atoms with Crippen molar-refractivity contribution in [1.29, 1.82) is 0 Å². The van der Waals surface area contributed by atoms with E-state index in [9.17, 15) is 28.4 Å². The minimum atomic E-state index is -3.72. The van der Waals surface area contributed by atoms with Crippen LogP contribution in [-0.2, 0) is 19.4 Å². The lowest BCUT2D eigenvalue weighted by Crippen LogP contribution is -2.26. The number of para-hydroxylation sites is 1. The van der Waals surface area contributed by atoms with Crippen molar-refractivity contribution in [3.8, 4) is 0 Å². The molecule has 8 nitrogen and oxygen atoms in total. The SMILES string of the molecule is CCOCCS(=O)(=O)CC(C(=O)O)c1ccccc1[N+](=O)[O-]. The maximum Gasteiger partial charge on any atom is 0.312 e. The number of hydrogen-bond acceptors (Lipinski definition) is 6. The molecule has 0 spiro atoms. The summed E-state index contributed by atoms with van der Waals surface area (Å²) in [6, 6.07) is 5.24. The first-order chi connectivity index (χ1) is 10.3. The minimum Gasteiger partial charge on any atom is -0.481 e. The lowest BCUT2D eigenvalue weighted by atomic mass is 9.99. The van der Waals surface area contributed by atoms with Gasteiger partial charge in [0.2, 0.25) is 0 Å². The topological polar surface area (TPSA) is 124 Å². The Labute approximate surface area is 127 Å². The van der Waals surface area contributed by atoms with Gasteiger partial charge in [-0.15, -0.1) is 0 Å². The van der Waals surface area contributed by atoms with Crippen LogP contribution in [0.15, 0.2) is 24.3 Å². The van der Waals surface area contributed by atoms with E-state index in [1.807, 2.05) is 0 Å². The Kier molecular flexibility index (Phi) is 6.44. The van der Waals surface area contributed by atoms with Crippen molar-refractivity contribution >= 4 is 21.5 Å². The summed E-state index contributed by atoms with van der Waals surface area (Å²) in [7, 11) is -3.72. The van der Waals surface area contributed by atoms with E-state index in [4.69, 9.17) is 4.74 Å². The van der Waals surface area contributed by atoms with E-state index in [1.165, 1.54) is 18.2 Å². The molecule has 1 rings (SSSR count). The smallest absolute Gasteiger partial charge is 0.312 e. The standard InChI is InChI=1S/C13H17NO7S/c1-2-21-7-8-22(19,20)9-11(13(15)16)10-5-3-4-6-12(10)14(17)18/h3-6,11H,2,7-9H2,1H3,(H,15,16). The monoisotopic (exact) mass is 331 g/mol. The van der Waals surface area contributed by atoms with E-state index < -0.39 is 38.1 Å². The zero-order valence-electron chi connectivity index (χ0n) is 12.0. The molecule has 1 atom stereocenters. The van der Waals surface area contributed by atoms with Gasteiger partial charge in [0.05, 0.1) is 23.0 Å². The van der Waals surface area contributed by atoms with Gasteiger partial charge < -0.3 is 9.84 Å². The third-order valence-corrected chi connectivity index (χ3v) is 4.60. The van der Waals surface area contributed by atoms with Crippen LogP contribution in [0.1, 0.15) is 18.4 Å². The molecule has 0 saturated carbocycles. The van der Waals surface area contributed by atoms with Crippen LogP contribution in [-0.4, -0.2) is 49.1 Å². The largest absolute Gasteiger partial charge is 0.481 e. The predicted octanol–water partition coefficient (Wildman–Crippen LogP) is 1.21. The summed E-state index contributed by atoms with van der Waals surface area (Å²) in [5.74, 6) is -3.95. The summed E-state index contributed by atoms with van der Waals surface area (Å²) in [6.45, 7) is 2.02. The number of nitrogens with zero attached hydrogens (tertiary/aromatic N) is 1. The van der Waals surface area contributed by atoms with E-state index in [0.717, 1.165) is 6.07 Å². The van der Waals surface area contributed by atoms with Crippen LogP contribution in [0.2, 0.25) is 0 Å². The maximum atomic E-state index is 12.0. The lowest BCUT2D eigenvalue weighted by Gasteiger charge is -2.13. The van der Waals surface area contributed by atoms with Crippen molar-refractivity contribution < 1.29 is 28.0 Å². The molecule has 0 aliphatic carbocycles. The molecule has 1 aromatic rings. The highest BCUT2D eigenvalue weighted by molar-refractivity contribution is 7.91. The molecule has 0 bridgehead atoms. The van der Waals surface area contributed by atoms with Gasteiger partial charge in [-0.05, 0) is 6.92 Å². The van der Waals surface area contributed by atoms with E-state index in [2.05, 4.69) is 0 Å². The molecule has 0 radical (unpaired) electrons. The number of carbonyl (C=O) groups is 1. The Bertz CT molecular complexity index is 642. The summed E-state index contributed by atoms with van der Waals surface area (Å²) >= 11 is 0. The van der Waals surface area contributed by atoms with Crippen molar-refractivity contribution in [1.82, 2.24) is 0 Å². The number of aliphatic carboxylic acids is 1. The first-order valence-corrected chi connectivity index (χ1v) is 8.35. The second-order valence-corrected chi connectivity index (χ2v) is 6.75. The van der Waals surface area contributed by atoms with Gasteiger partial charge in [0.1, 0.15) is 5.92 Å². The highest BCUT2D eigenvalue weighted by atomic mass is 32.2. The molecule has 122 valence electrons. The second-order valence-electron chi connectivity index (χ2n) is 4.52. The van der Waals surface area contributed by atoms with Crippen molar-refractivity contribution in [2.24, 2.45) is 0 Å². The number of carboxylic acids is 1. The molecule has 0 heterocycles. The van der Waals surface area contributed by atoms with Crippen molar-refractivity contribution in [3.05, 3.63) is 39.9 Å². The van der Waals surface area contributed by atoms with Gasteiger partial charge in [-0.3, -0.25) is 14.9 Å². The summed E-state index contributed by atoms with van der Waals surface area (Å²) in [4.78, 5) is 21.6. The van der Waals surface area contributed by atoms with Crippen LogP contribution in [0.25, 0.3) is 0 Å². The van der Waals surface area contributed by atoms with Gasteiger partial charge in [0.15, 0.2) is 9.84 Å². The molecular weight excluding hydrogens is 314 g/mol. The Balaban J connectivity index is 3.06. The third kappa shape index (κ3) is 5.08. The van der Waals surface area contributed by atoms with E-state index >= 15 is 0 Å². The number of hydrogen-bond donors (Lipinski definition) is 1. The van der Waals surface area contributed by atoms with E-state index in [-0.39, 0.29) is 17.9 Å². The molecule has 0 amide bonds. The number of ether oxygens (including phenoxy) is 1. The molecule has 0 aromatic heterocycles. The van der Waals surface area contributed by atoms with Crippen molar-refractivity contribution in [2.75, 3.05) is 24.7 Å². The summed E-state index contributed by atoms with van der Waals surface area (Å²) < 4.78 is 28.9. The molecule has 0 aliphatic rings. The molecule has 0 fully saturated rings. The Hall–Kier alpha value is -2.00.